The normalized spacial score (nSPS) is 15.4. The quantitative estimate of drug-likeness (QED) is 0.238. The SMILES string of the molecule is CC(C)(C)c1cc(C(c2ccc(C(F)(F)F)cc2)c2nc(Cc3ccccc3)c(N3CCOCC3)o2)cc(C(C)(C)C)c1O. The number of alkyl halides is 3. The summed E-state index contributed by atoms with van der Waals surface area (Å²) in [6.07, 6.45) is -3.92. The Balaban J connectivity index is 1.74. The van der Waals surface area contributed by atoms with Gasteiger partial charge >= 0.3 is 6.18 Å². The predicted octanol–water partition coefficient (Wildman–Crippen LogP) is 8.60. The fourth-order valence-corrected chi connectivity index (χ4v) is 5.71. The molecule has 0 aliphatic carbocycles. The maximum atomic E-state index is 13.6. The number of hydrogen-bond donors (Lipinski definition) is 1. The van der Waals surface area contributed by atoms with Gasteiger partial charge in [-0.05, 0) is 50.8 Å². The first kappa shape index (κ1) is 31.6. The fourth-order valence-electron chi connectivity index (χ4n) is 5.71. The van der Waals surface area contributed by atoms with E-state index in [-0.39, 0.29) is 5.75 Å². The van der Waals surface area contributed by atoms with E-state index < -0.39 is 28.5 Å². The van der Waals surface area contributed by atoms with Gasteiger partial charge in [0.1, 0.15) is 11.4 Å². The van der Waals surface area contributed by atoms with E-state index >= 15 is 0 Å². The Morgan fingerprint density at radius 3 is 1.91 bits per heavy atom. The summed E-state index contributed by atoms with van der Waals surface area (Å²) in [6, 6.07) is 19.1. The van der Waals surface area contributed by atoms with Crippen molar-refractivity contribution in [2.45, 2.75) is 70.9 Å². The van der Waals surface area contributed by atoms with Crippen LogP contribution < -0.4 is 4.90 Å². The van der Waals surface area contributed by atoms with Crippen molar-refractivity contribution in [1.82, 2.24) is 4.98 Å². The van der Waals surface area contributed by atoms with Crippen molar-refractivity contribution in [3.63, 3.8) is 0 Å². The van der Waals surface area contributed by atoms with E-state index in [2.05, 4.69) is 4.90 Å². The number of oxazole rings is 1. The van der Waals surface area contributed by atoms with Crippen LogP contribution in [0, 0.1) is 0 Å². The fraction of sp³-hybridized carbons (Fsp3) is 0.417. The van der Waals surface area contributed by atoms with Crippen molar-refractivity contribution in [2.75, 3.05) is 31.2 Å². The molecule has 1 saturated heterocycles. The molecule has 5 nitrogen and oxygen atoms in total. The van der Waals surface area contributed by atoms with E-state index in [1.807, 2.05) is 84.0 Å². The van der Waals surface area contributed by atoms with Crippen LogP contribution in [0.4, 0.5) is 19.1 Å². The van der Waals surface area contributed by atoms with Crippen LogP contribution in [0.3, 0.4) is 0 Å². The number of ether oxygens (including phenoxy) is 1. The average molecular weight is 607 g/mol. The third-order valence-electron chi connectivity index (χ3n) is 8.11. The molecule has 1 aliphatic rings. The zero-order valence-corrected chi connectivity index (χ0v) is 26.3. The summed E-state index contributed by atoms with van der Waals surface area (Å²) in [5, 5.41) is 11.4. The van der Waals surface area contributed by atoms with Crippen LogP contribution in [-0.4, -0.2) is 36.4 Å². The molecule has 5 rings (SSSR count). The van der Waals surface area contributed by atoms with Crippen molar-refractivity contribution in [3.8, 4) is 5.75 Å². The number of aromatic hydroxyl groups is 1. The number of phenols is 1. The van der Waals surface area contributed by atoms with Crippen LogP contribution in [0.2, 0.25) is 0 Å². The zero-order valence-electron chi connectivity index (χ0n) is 26.3. The van der Waals surface area contributed by atoms with Gasteiger partial charge in [-0.1, -0.05) is 96.1 Å². The largest absolute Gasteiger partial charge is 0.507 e. The Labute approximate surface area is 257 Å². The molecule has 1 N–H and O–H groups in total. The van der Waals surface area contributed by atoms with E-state index in [1.54, 1.807) is 0 Å². The lowest BCUT2D eigenvalue weighted by Crippen LogP contribution is -2.36. The second-order valence-corrected chi connectivity index (χ2v) is 13.6. The molecule has 2 heterocycles. The maximum Gasteiger partial charge on any atom is 0.416 e. The van der Waals surface area contributed by atoms with E-state index in [0.29, 0.717) is 50.1 Å². The summed E-state index contributed by atoms with van der Waals surface area (Å²) in [6.45, 7) is 14.6. The number of nitrogens with zero attached hydrogens (tertiary/aromatic N) is 2. The first-order chi connectivity index (χ1) is 20.6. The molecule has 1 unspecified atom stereocenters. The number of phenolic OH excluding ortho intramolecular Hbond substituents is 1. The lowest BCUT2D eigenvalue weighted by Gasteiger charge is -2.29. The van der Waals surface area contributed by atoms with Crippen molar-refractivity contribution in [1.29, 1.82) is 0 Å². The molecule has 234 valence electrons. The highest BCUT2D eigenvalue weighted by Crippen LogP contribution is 2.44. The third kappa shape index (κ3) is 6.80. The summed E-state index contributed by atoms with van der Waals surface area (Å²) >= 11 is 0. The molecule has 1 fully saturated rings. The Bertz CT molecular complexity index is 1540. The lowest BCUT2D eigenvalue weighted by atomic mass is 9.76. The van der Waals surface area contributed by atoms with E-state index in [4.69, 9.17) is 14.1 Å². The molecular weight excluding hydrogens is 565 g/mol. The van der Waals surface area contributed by atoms with Gasteiger partial charge in [0.15, 0.2) is 0 Å². The molecule has 4 aromatic rings. The summed E-state index contributed by atoms with van der Waals surface area (Å²) < 4.78 is 53.0. The minimum Gasteiger partial charge on any atom is -0.507 e. The van der Waals surface area contributed by atoms with Crippen molar-refractivity contribution < 1.29 is 27.4 Å². The molecular formula is C36H41F3N2O3. The van der Waals surface area contributed by atoms with Gasteiger partial charge < -0.3 is 19.2 Å². The summed E-state index contributed by atoms with van der Waals surface area (Å²) in [5.41, 5.74) is 3.21. The minimum atomic E-state index is -4.46. The molecule has 1 aromatic heterocycles. The molecule has 0 radical (unpaired) electrons. The number of hydrogen-bond acceptors (Lipinski definition) is 5. The number of aromatic nitrogens is 1. The number of morpholine rings is 1. The number of halogens is 3. The number of anilines is 1. The van der Waals surface area contributed by atoms with Crippen molar-refractivity contribution in [2.24, 2.45) is 0 Å². The molecule has 0 spiro atoms. The zero-order chi connectivity index (χ0) is 31.9. The van der Waals surface area contributed by atoms with E-state index in [0.717, 1.165) is 40.1 Å². The Hall–Kier alpha value is -3.78. The van der Waals surface area contributed by atoms with Crippen LogP contribution in [0.15, 0.2) is 71.1 Å². The molecule has 1 aliphatic heterocycles. The number of rotatable bonds is 6. The lowest BCUT2D eigenvalue weighted by molar-refractivity contribution is -0.137. The van der Waals surface area contributed by atoms with Crippen LogP contribution >= 0.6 is 0 Å². The molecule has 0 saturated carbocycles. The Morgan fingerprint density at radius 1 is 0.818 bits per heavy atom. The third-order valence-corrected chi connectivity index (χ3v) is 8.11. The standard InChI is InChI=1S/C36H41F3N2O3/c1-34(2,3)27-21-25(22-28(31(27)42)35(4,5)6)30(24-12-14-26(15-13-24)36(37,38)39)32-40-29(20-23-10-8-7-9-11-23)33(44-32)41-16-18-43-19-17-41/h7-15,21-22,30,42H,16-20H2,1-6H3. The molecule has 8 heteroatoms. The van der Waals surface area contributed by atoms with E-state index in [1.165, 1.54) is 12.1 Å². The van der Waals surface area contributed by atoms with Gasteiger partial charge in [0, 0.05) is 19.5 Å². The monoisotopic (exact) mass is 606 g/mol. The molecule has 3 aromatic carbocycles. The van der Waals surface area contributed by atoms with Gasteiger partial charge in [0.25, 0.3) is 0 Å². The first-order valence-corrected chi connectivity index (χ1v) is 15.0. The highest BCUT2D eigenvalue weighted by molar-refractivity contribution is 5.54. The van der Waals surface area contributed by atoms with Crippen molar-refractivity contribution >= 4 is 5.88 Å². The molecule has 1 atom stereocenters. The van der Waals surface area contributed by atoms with Gasteiger partial charge in [-0.25, -0.2) is 4.98 Å². The van der Waals surface area contributed by atoms with Crippen molar-refractivity contribution in [3.05, 3.63) is 112 Å². The maximum absolute atomic E-state index is 13.6. The Kier molecular flexibility index (Phi) is 8.60. The smallest absolute Gasteiger partial charge is 0.416 e. The average Bonchev–Trinajstić information content (AvgIpc) is 3.36. The molecule has 0 bridgehead atoms. The second-order valence-electron chi connectivity index (χ2n) is 13.6. The van der Waals surface area contributed by atoms with Crippen LogP contribution in [-0.2, 0) is 28.2 Å². The van der Waals surface area contributed by atoms with E-state index in [9.17, 15) is 18.3 Å². The highest BCUT2D eigenvalue weighted by Gasteiger charge is 2.34. The topological polar surface area (TPSA) is 58.7 Å². The van der Waals surface area contributed by atoms with Crippen LogP contribution in [0.5, 0.6) is 5.75 Å². The summed E-state index contributed by atoms with van der Waals surface area (Å²) in [5.74, 6) is 0.646. The van der Waals surface area contributed by atoms with Gasteiger partial charge in [0.2, 0.25) is 11.8 Å². The Morgan fingerprint density at radius 2 is 1.39 bits per heavy atom. The summed E-state index contributed by atoms with van der Waals surface area (Å²) in [7, 11) is 0. The summed E-state index contributed by atoms with van der Waals surface area (Å²) in [4.78, 5) is 7.20. The van der Waals surface area contributed by atoms with Crippen LogP contribution in [0.1, 0.15) is 92.4 Å². The molecule has 0 amide bonds. The molecule has 44 heavy (non-hydrogen) atoms. The second kappa shape index (κ2) is 12.0. The van der Waals surface area contributed by atoms with Gasteiger partial charge in [-0.15, -0.1) is 0 Å². The highest BCUT2D eigenvalue weighted by atomic mass is 19.4. The van der Waals surface area contributed by atoms with Crippen LogP contribution in [0.25, 0.3) is 0 Å². The van der Waals surface area contributed by atoms with Gasteiger partial charge in [-0.3, -0.25) is 0 Å². The van der Waals surface area contributed by atoms with Gasteiger partial charge in [0.05, 0.1) is 24.7 Å². The minimum absolute atomic E-state index is 0.228. The van der Waals surface area contributed by atoms with Gasteiger partial charge in [-0.2, -0.15) is 13.2 Å². The first-order valence-electron chi connectivity index (χ1n) is 15.0. The predicted molar refractivity (Wildman–Crippen MR) is 167 cm³/mol. The number of benzene rings is 3.